The molecule has 0 atom stereocenters. The largest absolute Gasteiger partial charge is 0.484 e. The minimum absolute atomic E-state index is 0.00459. The first kappa shape index (κ1) is 18.6. The lowest BCUT2D eigenvalue weighted by Gasteiger charge is -2.29. The monoisotopic (exact) mass is 366 g/mol. The Morgan fingerprint density at radius 3 is 2.59 bits per heavy atom. The number of ether oxygens (including phenoxy) is 2. The standard InChI is InChI=1S/C20H22N4O3/c1-14-2-6-16(7-3-14)26-13-19(25)24-15-4-8-17(9-5-15)27-20-18(12-21)22-10-11-23-20/h2-3,6-7,10-11,15,17H,4-5,8-9,13H2,1H3,(H,24,25). The number of aromatic nitrogens is 2. The molecule has 1 aliphatic carbocycles. The Morgan fingerprint density at radius 2 is 1.89 bits per heavy atom. The summed E-state index contributed by atoms with van der Waals surface area (Å²) in [7, 11) is 0. The van der Waals surface area contributed by atoms with Crippen LogP contribution in [0, 0.1) is 18.3 Å². The van der Waals surface area contributed by atoms with Gasteiger partial charge in [-0.15, -0.1) is 0 Å². The summed E-state index contributed by atoms with van der Waals surface area (Å²) < 4.78 is 11.3. The van der Waals surface area contributed by atoms with E-state index in [1.807, 2.05) is 37.3 Å². The Hall–Kier alpha value is -3.14. The van der Waals surface area contributed by atoms with Crippen LogP contribution in [-0.4, -0.2) is 34.6 Å². The maximum absolute atomic E-state index is 12.1. The van der Waals surface area contributed by atoms with Gasteiger partial charge in [-0.25, -0.2) is 9.97 Å². The van der Waals surface area contributed by atoms with E-state index in [2.05, 4.69) is 15.3 Å². The zero-order valence-corrected chi connectivity index (χ0v) is 15.2. The van der Waals surface area contributed by atoms with Crippen molar-refractivity contribution in [3.8, 4) is 17.7 Å². The number of hydrogen-bond donors (Lipinski definition) is 1. The van der Waals surface area contributed by atoms with Crippen LogP contribution in [0.4, 0.5) is 0 Å². The average Bonchev–Trinajstić information content (AvgIpc) is 2.69. The van der Waals surface area contributed by atoms with E-state index in [4.69, 9.17) is 14.7 Å². The highest BCUT2D eigenvalue weighted by atomic mass is 16.5. The fraction of sp³-hybridized carbons (Fsp3) is 0.400. The number of nitrogens with one attached hydrogen (secondary N) is 1. The van der Waals surface area contributed by atoms with Gasteiger partial charge in [0.1, 0.15) is 17.9 Å². The molecule has 1 heterocycles. The molecular weight excluding hydrogens is 344 g/mol. The average molecular weight is 366 g/mol. The smallest absolute Gasteiger partial charge is 0.258 e. The fourth-order valence-electron chi connectivity index (χ4n) is 3.02. The summed E-state index contributed by atoms with van der Waals surface area (Å²) in [5.41, 5.74) is 1.34. The number of rotatable bonds is 6. The molecule has 1 aromatic heterocycles. The van der Waals surface area contributed by atoms with Crippen molar-refractivity contribution in [3.63, 3.8) is 0 Å². The molecule has 0 bridgehead atoms. The van der Waals surface area contributed by atoms with E-state index in [0.717, 1.165) is 31.2 Å². The molecule has 1 saturated carbocycles. The normalized spacial score (nSPS) is 19.0. The van der Waals surface area contributed by atoms with Crippen molar-refractivity contribution < 1.29 is 14.3 Å². The predicted molar refractivity (Wildman–Crippen MR) is 98.2 cm³/mol. The summed E-state index contributed by atoms with van der Waals surface area (Å²) in [5.74, 6) is 0.838. The Bertz CT molecular complexity index is 809. The highest BCUT2D eigenvalue weighted by Crippen LogP contribution is 2.24. The molecule has 2 aromatic rings. The molecule has 1 amide bonds. The molecule has 0 radical (unpaired) electrons. The van der Waals surface area contributed by atoms with Crippen LogP contribution in [-0.2, 0) is 4.79 Å². The van der Waals surface area contributed by atoms with E-state index in [1.165, 1.54) is 12.4 Å². The second kappa shape index (κ2) is 8.99. The van der Waals surface area contributed by atoms with Crippen LogP contribution in [0.3, 0.4) is 0 Å². The number of carbonyl (C=O) groups is 1. The molecule has 0 unspecified atom stereocenters. The van der Waals surface area contributed by atoms with Crippen molar-refractivity contribution in [1.29, 1.82) is 5.26 Å². The zero-order chi connectivity index (χ0) is 19.1. The van der Waals surface area contributed by atoms with Crippen molar-refractivity contribution in [2.24, 2.45) is 0 Å². The third-order valence-corrected chi connectivity index (χ3v) is 4.48. The van der Waals surface area contributed by atoms with Crippen LogP contribution in [0.2, 0.25) is 0 Å². The molecule has 1 N–H and O–H groups in total. The van der Waals surface area contributed by atoms with Gasteiger partial charge in [-0.3, -0.25) is 4.79 Å². The number of hydrogen-bond acceptors (Lipinski definition) is 6. The van der Waals surface area contributed by atoms with Gasteiger partial charge in [0, 0.05) is 18.4 Å². The summed E-state index contributed by atoms with van der Waals surface area (Å²) in [6.45, 7) is 2.01. The van der Waals surface area contributed by atoms with E-state index in [1.54, 1.807) is 0 Å². The van der Waals surface area contributed by atoms with Gasteiger partial charge in [-0.1, -0.05) is 17.7 Å². The Balaban J connectivity index is 1.40. The predicted octanol–water partition coefficient (Wildman–Crippen LogP) is 2.54. The quantitative estimate of drug-likeness (QED) is 0.844. The van der Waals surface area contributed by atoms with E-state index in [0.29, 0.717) is 5.75 Å². The number of amides is 1. The Kier molecular flexibility index (Phi) is 6.21. The molecule has 7 nitrogen and oxygen atoms in total. The summed E-state index contributed by atoms with van der Waals surface area (Å²) >= 11 is 0. The van der Waals surface area contributed by atoms with Gasteiger partial charge in [0.25, 0.3) is 11.8 Å². The molecule has 1 aromatic carbocycles. The second-order valence-electron chi connectivity index (χ2n) is 6.58. The summed E-state index contributed by atoms with van der Waals surface area (Å²) in [6.07, 6.45) is 6.14. The number of benzene rings is 1. The fourth-order valence-corrected chi connectivity index (χ4v) is 3.02. The van der Waals surface area contributed by atoms with Crippen molar-refractivity contribution >= 4 is 5.91 Å². The molecule has 1 fully saturated rings. The van der Waals surface area contributed by atoms with E-state index >= 15 is 0 Å². The van der Waals surface area contributed by atoms with Crippen LogP contribution in [0.5, 0.6) is 11.6 Å². The highest BCUT2D eigenvalue weighted by Gasteiger charge is 2.25. The Morgan fingerprint density at radius 1 is 1.19 bits per heavy atom. The van der Waals surface area contributed by atoms with Crippen LogP contribution < -0.4 is 14.8 Å². The van der Waals surface area contributed by atoms with Crippen LogP contribution in [0.1, 0.15) is 36.9 Å². The minimum Gasteiger partial charge on any atom is -0.484 e. The molecule has 7 heteroatoms. The molecule has 0 spiro atoms. The molecule has 1 aliphatic rings. The first-order valence-corrected chi connectivity index (χ1v) is 9.00. The van der Waals surface area contributed by atoms with Crippen molar-refractivity contribution in [2.45, 2.75) is 44.8 Å². The van der Waals surface area contributed by atoms with E-state index in [-0.39, 0.29) is 36.2 Å². The van der Waals surface area contributed by atoms with Gasteiger partial charge in [0.15, 0.2) is 6.61 Å². The van der Waals surface area contributed by atoms with Crippen molar-refractivity contribution in [2.75, 3.05) is 6.61 Å². The van der Waals surface area contributed by atoms with Crippen LogP contribution in [0.25, 0.3) is 0 Å². The van der Waals surface area contributed by atoms with Gasteiger partial charge in [-0.05, 0) is 44.7 Å². The van der Waals surface area contributed by atoms with Gasteiger partial charge >= 0.3 is 0 Å². The number of aryl methyl sites for hydroxylation is 1. The lowest BCUT2D eigenvalue weighted by molar-refractivity contribution is -0.124. The third-order valence-electron chi connectivity index (χ3n) is 4.48. The molecule has 0 saturated heterocycles. The number of nitrogens with zero attached hydrogens (tertiary/aromatic N) is 3. The molecule has 140 valence electrons. The van der Waals surface area contributed by atoms with Gasteiger partial charge in [0.2, 0.25) is 5.69 Å². The molecule has 27 heavy (non-hydrogen) atoms. The number of carbonyl (C=O) groups excluding carboxylic acids is 1. The van der Waals surface area contributed by atoms with Gasteiger partial charge in [0.05, 0.1) is 0 Å². The first-order chi connectivity index (χ1) is 13.1. The third kappa shape index (κ3) is 5.42. The van der Waals surface area contributed by atoms with Crippen molar-refractivity contribution in [3.05, 3.63) is 47.9 Å². The lowest BCUT2D eigenvalue weighted by atomic mass is 9.93. The second-order valence-corrected chi connectivity index (χ2v) is 6.58. The molecule has 3 rings (SSSR count). The first-order valence-electron chi connectivity index (χ1n) is 9.00. The summed E-state index contributed by atoms with van der Waals surface area (Å²) in [6, 6.07) is 9.69. The minimum atomic E-state index is -0.124. The lowest BCUT2D eigenvalue weighted by Crippen LogP contribution is -2.41. The van der Waals surface area contributed by atoms with Gasteiger partial charge < -0.3 is 14.8 Å². The highest BCUT2D eigenvalue weighted by molar-refractivity contribution is 5.77. The molecular formula is C20H22N4O3. The number of nitriles is 1. The Labute approximate surface area is 158 Å². The summed E-state index contributed by atoms with van der Waals surface area (Å²) in [4.78, 5) is 20.1. The molecule has 0 aliphatic heterocycles. The van der Waals surface area contributed by atoms with E-state index < -0.39 is 0 Å². The van der Waals surface area contributed by atoms with E-state index in [9.17, 15) is 4.79 Å². The maximum Gasteiger partial charge on any atom is 0.258 e. The van der Waals surface area contributed by atoms with Crippen LogP contribution in [0.15, 0.2) is 36.7 Å². The maximum atomic E-state index is 12.1. The SMILES string of the molecule is Cc1ccc(OCC(=O)NC2CCC(Oc3nccnc3C#N)CC2)cc1. The topological polar surface area (TPSA) is 97.1 Å². The summed E-state index contributed by atoms with van der Waals surface area (Å²) in [5, 5.41) is 12.1. The van der Waals surface area contributed by atoms with Gasteiger partial charge in [-0.2, -0.15) is 5.26 Å². The van der Waals surface area contributed by atoms with Crippen LogP contribution >= 0.6 is 0 Å². The van der Waals surface area contributed by atoms with Crippen molar-refractivity contribution in [1.82, 2.24) is 15.3 Å². The zero-order valence-electron chi connectivity index (χ0n) is 15.2.